The average molecular weight is 362 g/mol. The summed E-state index contributed by atoms with van der Waals surface area (Å²) in [6.07, 6.45) is -4.45. The van der Waals surface area contributed by atoms with E-state index in [1.165, 1.54) is 17.0 Å². The number of benzene rings is 1. The summed E-state index contributed by atoms with van der Waals surface area (Å²) in [5, 5.41) is 11.3. The Kier molecular flexibility index (Phi) is 7.69. The highest BCUT2D eigenvalue weighted by molar-refractivity contribution is 5.79. The van der Waals surface area contributed by atoms with Crippen molar-refractivity contribution >= 4 is 11.9 Å². The van der Waals surface area contributed by atoms with Crippen LogP contribution in [0.3, 0.4) is 0 Å². The number of halogens is 3. The molecule has 0 saturated heterocycles. The van der Waals surface area contributed by atoms with E-state index in [2.05, 4.69) is 5.32 Å². The quantitative estimate of drug-likeness (QED) is 0.657. The van der Waals surface area contributed by atoms with Gasteiger partial charge in [-0.25, -0.2) is 0 Å². The number of rotatable bonds is 9. The second-order valence-corrected chi connectivity index (χ2v) is 5.62. The van der Waals surface area contributed by atoms with Crippen molar-refractivity contribution in [2.45, 2.75) is 26.1 Å². The molecule has 0 aliphatic carbocycles. The molecule has 140 valence electrons. The number of ether oxygens (including phenoxy) is 1. The van der Waals surface area contributed by atoms with Crippen LogP contribution in [0.5, 0.6) is 5.75 Å². The molecule has 0 aliphatic heterocycles. The molecule has 0 heterocycles. The van der Waals surface area contributed by atoms with E-state index in [1.807, 2.05) is 0 Å². The van der Waals surface area contributed by atoms with Crippen molar-refractivity contribution < 1.29 is 32.6 Å². The lowest BCUT2D eigenvalue weighted by molar-refractivity contribution is -0.139. The third kappa shape index (κ3) is 7.88. The van der Waals surface area contributed by atoms with Gasteiger partial charge < -0.3 is 15.2 Å². The maximum absolute atomic E-state index is 12.6. The zero-order valence-electron chi connectivity index (χ0n) is 14.0. The van der Waals surface area contributed by atoms with Gasteiger partial charge in [-0.3, -0.25) is 14.5 Å². The predicted octanol–water partition coefficient (Wildman–Crippen LogP) is 2.00. The summed E-state index contributed by atoms with van der Waals surface area (Å²) in [4.78, 5) is 24.0. The maximum atomic E-state index is 12.6. The molecule has 1 amide bonds. The number of hydrogen-bond donors (Lipinski definition) is 2. The second kappa shape index (κ2) is 9.26. The van der Waals surface area contributed by atoms with Crippen LogP contribution in [0, 0.1) is 0 Å². The van der Waals surface area contributed by atoms with Crippen molar-refractivity contribution in [2.24, 2.45) is 0 Å². The van der Waals surface area contributed by atoms with Crippen LogP contribution < -0.4 is 10.1 Å². The van der Waals surface area contributed by atoms with Gasteiger partial charge in [-0.1, -0.05) is 6.07 Å². The normalized spacial score (nSPS) is 11.6. The molecule has 0 saturated carbocycles. The minimum atomic E-state index is -4.45. The van der Waals surface area contributed by atoms with E-state index in [-0.39, 0.29) is 43.9 Å². The molecule has 6 nitrogen and oxygen atoms in total. The second-order valence-electron chi connectivity index (χ2n) is 5.62. The fraction of sp³-hybridized carbons (Fsp3) is 0.500. The zero-order valence-corrected chi connectivity index (χ0v) is 14.0. The Hall–Kier alpha value is -2.29. The molecule has 0 aliphatic rings. The molecule has 0 atom stereocenters. The predicted molar refractivity (Wildman–Crippen MR) is 84.3 cm³/mol. The van der Waals surface area contributed by atoms with E-state index in [0.717, 1.165) is 12.1 Å². The largest absolute Gasteiger partial charge is 0.492 e. The van der Waals surface area contributed by atoms with Gasteiger partial charge in [-0.15, -0.1) is 0 Å². The Morgan fingerprint density at radius 1 is 1.28 bits per heavy atom. The molecule has 0 radical (unpaired) electrons. The number of nitrogens with zero attached hydrogens (tertiary/aromatic N) is 1. The van der Waals surface area contributed by atoms with Crippen LogP contribution >= 0.6 is 0 Å². The Morgan fingerprint density at radius 2 is 1.96 bits per heavy atom. The third-order valence-electron chi connectivity index (χ3n) is 3.27. The van der Waals surface area contributed by atoms with Gasteiger partial charge in [-0.05, 0) is 32.0 Å². The van der Waals surface area contributed by atoms with Gasteiger partial charge in [0.1, 0.15) is 12.4 Å². The van der Waals surface area contributed by atoms with Crippen LogP contribution in [0.25, 0.3) is 0 Å². The number of carbonyl (C=O) groups is 2. The summed E-state index contributed by atoms with van der Waals surface area (Å²) in [6, 6.07) is 4.34. The summed E-state index contributed by atoms with van der Waals surface area (Å²) in [6.45, 7) is 3.28. The van der Waals surface area contributed by atoms with Gasteiger partial charge >= 0.3 is 12.1 Å². The number of amides is 1. The molecule has 0 unspecified atom stereocenters. The van der Waals surface area contributed by atoms with Crippen molar-refractivity contribution in [2.75, 3.05) is 26.2 Å². The van der Waals surface area contributed by atoms with Gasteiger partial charge in [-0.2, -0.15) is 13.2 Å². The number of aliphatic carboxylic acids is 1. The minimum Gasteiger partial charge on any atom is -0.492 e. The number of alkyl halides is 3. The number of carbonyl (C=O) groups excluding carboxylic acids is 1. The van der Waals surface area contributed by atoms with Crippen molar-refractivity contribution in [3.8, 4) is 5.75 Å². The molecule has 0 aromatic heterocycles. The topological polar surface area (TPSA) is 78.9 Å². The maximum Gasteiger partial charge on any atom is 0.416 e. The SMILES string of the molecule is CC(C)N(CC(=O)O)CC(=O)NCCOc1cccc(C(F)(F)F)c1. The minimum absolute atomic E-state index is 0.00629. The molecule has 25 heavy (non-hydrogen) atoms. The van der Waals surface area contributed by atoms with Crippen molar-refractivity contribution in [1.29, 1.82) is 0 Å². The fourth-order valence-corrected chi connectivity index (χ4v) is 1.96. The van der Waals surface area contributed by atoms with Gasteiger partial charge in [0.25, 0.3) is 0 Å². The van der Waals surface area contributed by atoms with Gasteiger partial charge in [0, 0.05) is 6.04 Å². The van der Waals surface area contributed by atoms with E-state index in [9.17, 15) is 22.8 Å². The fourth-order valence-electron chi connectivity index (χ4n) is 1.96. The van der Waals surface area contributed by atoms with Crippen LogP contribution in [-0.2, 0) is 15.8 Å². The zero-order chi connectivity index (χ0) is 19.0. The number of hydrogen-bond acceptors (Lipinski definition) is 4. The standard InChI is InChI=1S/C16H21F3N2O4/c1-11(2)21(10-15(23)24)9-14(22)20-6-7-25-13-5-3-4-12(8-13)16(17,18)19/h3-5,8,11H,6-7,9-10H2,1-2H3,(H,20,22)(H,23,24). The first kappa shape index (κ1) is 20.8. The highest BCUT2D eigenvalue weighted by Gasteiger charge is 2.30. The van der Waals surface area contributed by atoms with Crippen LogP contribution in [0.1, 0.15) is 19.4 Å². The lowest BCUT2D eigenvalue weighted by Gasteiger charge is -2.23. The summed E-state index contributed by atoms with van der Waals surface area (Å²) in [7, 11) is 0. The lowest BCUT2D eigenvalue weighted by Crippen LogP contribution is -2.44. The van der Waals surface area contributed by atoms with E-state index in [1.54, 1.807) is 13.8 Å². The summed E-state index contributed by atoms with van der Waals surface area (Å²) in [5.74, 6) is -1.37. The molecule has 1 rings (SSSR count). The molecule has 0 fully saturated rings. The molecule has 9 heteroatoms. The first-order valence-corrected chi connectivity index (χ1v) is 7.62. The Morgan fingerprint density at radius 3 is 2.52 bits per heavy atom. The van der Waals surface area contributed by atoms with Crippen molar-refractivity contribution in [3.63, 3.8) is 0 Å². The highest BCUT2D eigenvalue weighted by atomic mass is 19.4. The molecule has 2 N–H and O–H groups in total. The first-order chi connectivity index (χ1) is 11.6. The molecule has 0 spiro atoms. The molecular weight excluding hydrogens is 341 g/mol. The molecule has 0 bridgehead atoms. The van der Waals surface area contributed by atoms with Gasteiger partial charge in [0.05, 0.1) is 25.2 Å². The van der Waals surface area contributed by atoms with Crippen LogP contribution in [0.15, 0.2) is 24.3 Å². The summed E-state index contributed by atoms with van der Waals surface area (Å²) >= 11 is 0. The molecule has 1 aromatic carbocycles. The molecule has 1 aromatic rings. The third-order valence-corrected chi connectivity index (χ3v) is 3.27. The van der Waals surface area contributed by atoms with Crippen LogP contribution in [0.4, 0.5) is 13.2 Å². The van der Waals surface area contributed by atoms with Gasteiger partial charge in [0.15, 0.2) is 0 Å². The van der Waals surface area contributed by atoms with Gasteiger partial charge in [0.2, 0.25) is 5.91 Å². The van der Waals surface area contributed by atoms with E-state index < -0.39 is 17.7 Å². The van der Waals surface area contributed by atoms with E-state index in [0.29, 0.717) is 0 Å². The Balaban J connectivity index is 2.40. The number of carboxylic acids is 1. The van der Waals surface area contributed by atoms with Crippen LogP contribution in [-0.4, -0.2) is 54.2 Å². The van der Waals surface area contributed by atoms with Crippen molar-refractivity contribution in [1.82, 2.24) is 10.2 Å². The average Bonchev–Trinajstić information content (AvgIpc) is 2.50. The Bertz CT molecular complexity index is 591. The van der Waals surface area contributed by atoms with Crippen LogP contribution in [0.2, 0.25) is 0 Å². The number of carboxylic acid groups (broad SMARTS) is 1. The Labute approximate surface area is 143 Å². The van der Waals surface area contributed by atoms with Crippen molar-refractivity contribution in [3.05, 3.63) is 29.8 Å². The summed E-state index contributed by atoms with van der Waals surface area (Å²) in [5.41, 5.74) is -0.810. The van der Waals surface area contributed by atoms with E-state index >= 15 is 0 Å². The smallest absolute Gasteiger partial charge is 0.416 e. The number of nitrogens with one attached hydrogen (secondary N) is 1. The molecular formula is C16H21F3N2O4. The highest BCUT2D eigenvalue weighted by Crippen LogP contribution is 2.31. The summed E-state index contributed by atoms with van der Waals surface area (Å²) < 4.78 is 42.9. The lowest BCUT2D eigenvalue weighted by atomic mass is 10.2. The monoisotopic (exact) mass is 362 g/mol. The van der Waals surface area contributed by atoms with E-state index in [4.69, 9.17) is 9.84 Å². The first-order valence-electron chi connectivity index (χ1n) is 7.62.